The van der Waals surface area contributed by atoms with E-state index in [-0.39, 0.29) is 39.7 Å². The van der Waals surface area contributed by atoms with Crippen LogP contribution in [0.25, 0.3) is 0 Å². The van der Waals surface area contributed by atoms with Gasteiger partial charge in [0.1, 0.15) is 0 Å². The third-order valence-corrected chi connectivity index (χ3v) is 0. The Balaban J connectivity index is -0.0000000257. The van der Waals surface area contributed by atoms with E-state index in [1.54, 1.807) is 0 Å². The topological polar surface area (TPSA) is 253 Å². The third-order valence-electron chi connectivity index (χ3n) is 0. The van der Waals surface area contributed by atoms with Gasteiger partial charge < -0.3 is 0 Å². The summed E-state index contributed by atoms with van der Waals surface area (Å²) in [4.78, 5) is 0. The monoisotopic (exact) mass is 919 g/mol. The maximum absolute atomic E-state index is 8.59. The fourth-order valence-electron chi connectivity index (χ4n) is 0. The summed E-state index contributed by atoms with van der Waals surface area (Å²) in [5.74, 6) is 0. The van der Waals surface area contributed by atoms with E-state index in [9.17, 15) is 0 Å². The van der Waals surface area contributed by atoms with Gasteiger partial charge in [0.25, 0.3) is 0 Å². The zero-order chi connectivity index (χ0) is 14.3. The minimum absolute atomic E-state index is 0. The SMILES string of the molecule is O=[Te]([O-])[O-].O=[Te]([O-])[O-].O=[Te]([O-])[O-].O=[Te]([O-])[O-].[Al+3].[Ta+5]. The van der Waals surface area contributed by atoms with Gasteiger partial charge in [0, 0.05) is 0 Å². The molecule has 0 aromatic carbocycles. The van der Waals surface area contributed by atoms with Crippen molar-refractivity contribution in [3.8, 4) is 0 Å². The summed E-state index contributed by atoms with van der Waals surface area (Å²) in [6, 6.07) is 0. The van der Waals surface area contributed by atoms with Gasteiger partial charge in [-0.25, -0.2) is 0 Å². The maximum Gasteiger partial charge on any atom is 5.00 e. The Bertz CT molecular complexity index is 164. The van der Waals surface area contributed by atoms with E-state index < -0.39 is 81.4 Å². The van der Waals surface area contributed by atoms with Crippen molar-refractivity contribution < 1.29 is 62.6 Å². The Kier molecular flexibility index (Phi) is 67.3. The predicted octanol–water partition coefficient (Wildman–Crippen LogP) is -11.9. The Hall–Kier alpha value is 3.31. The van der Waals surface area contributed by atoms with Crippen molar-refractivity contribution in [2.75, 3.05) is 0 Å². The zero-order valence-corrected chi connectivity index (χ0v) is 21.2. The molecular formula is AlO12TaTe4. The van der Waals surface area contributed by atoms with E-state index in [1.165, 1.54) is 0 Å². The van der Waals surface area contributed by atoms with E-state index in [4.69, 9.17) is 40.2 Å². The minimum atomic E-state index is -4.11. The van der Waals surface area contributed by atoms with Gasteiger partial charge in [-0.1, -0.05) is 0 Å². The molecule has 0 aliphatic carbocycles. The fourth-order valence-corrected chi connectivity index (χ4v) is 0. The van der Waals surface area contributed by atoms with Crippen LogP contribution in [-0.2, 0) is 34.8 Å². The molecule has 0 aromatic rings. The van der Waals surface area contributed by atoms with Crippen LogP contribution in [0.1, 0.15) is 0 Å². The third kappa shape index (κ3) is 591. The second-order valence-electron chi connectivity index (χ2n) is 0.816. The molecule has 0 N–H and O–H groups in total. The molecule has 0 saturated carbocycles. The van der Waals surface area contributed by atoms with Gasteiger partial charge in [0.2, 0.25) is 0 Å². The molecule has 0 fully saturated rings. The Morgan fingerprint density at radius 2 is 0.444 bits per heavy atom. The molecule has 0 amide bonds. The first-order chi connectivity index (χ1) is 6.93. The molecule has 104 valence electrons. The van der Waals surface area contributed by atoms with Gasteiger partial charge in [0.05, 0.1) is 0 Å². The van der Waals surface area contributed by atoms with Crippen LogP contribution in [0, 0.1) is 0 Å². The Morgan fingerprint density at radius 1 is 0.444 bits per heavy atom. The molecule has 0 aliphatic rings. The van der Waals surface area contributed by atoms with Gasteiger partial charge in [-0.2, -0.15) is 0 Å². The first kappa shape index (κ1) is 37.5. The summed E-state index contributed by atoms with van der Waals surface area (Å²) in [6.07, 6.45) is 0. The van der Waals surface area contributed by atoms with E-state index in [0.717, 1.165) is 0 Å². The van der Waals surface area contributed by atoms with Crippen molar-refractivity contribution in [1.29, 1.82) is 0 Å². The standard InChI is InChI=1S/Al.4H2O3Te.Ta/c;4*1-4(2)3;/h;4*(H2,1,2,3);/q+3;;;;;+5/p-8. The van der Waals surface area contributed by atoms with Crippen LogP contribution < -0.4 is 27.8 Å². The Morgan fingerprint density at radius 3 is 0.444 bits per heavy atom. The van der Waals surface area contributed by atoms with Gasteiger partial charge in [-0.3, -0.25) is 0 Å². The number of hydrogen-bond acceptors (Lipinski definition) is 12. The van der Waals surface area contributed by atoms with E-state index in [1.807, 2.05) is 0 Å². The Labute approximate surface area is 158 Å². The first-order valence-corrected chi connectivity index (χ1v) is 13.4. The number of hydrogen-bond donors (Lipinski definition) is 0. The molecule has 0 aromatic heterocycles. The van der Waals surface area contributed by atoms with E-state index >= 15 is 0 Å². The largest absolute Gasteiger partial charge is 5.00 e. The molecule has 0 aliphatic heterocycles. The zero-order valence-electron chi connectivity index (χ0n) is 7.56. The molecule has 0 saturated heterocycles. The second-order valence-corrected chi connectivity index (χ2v) is 5.48. The predicted molar refractivity (Wildman–Crippen MR) is 31.5 cm³/mol. The van der Waals surface area contributed by atoms with Gasteiger partial charge in [0.15, 0.2) is 0 Å². The first-order valence-electron chi connectivity index (χ1n) is 2.00. The van der Waals surface area contributed by atoms with Crippen LogP contribution in [0.5, 0.6) is 0 Å². The maximum atomic E-state index is 8.59. The second kappa shape index (κ2) is 32.3. The summed E-state index contributed by atoms with van der Waals surface area (Å²) < 4.78 is 103. The fraction of sp³-hybridized carbons (Fsp3) is 0. The summed E-state index contributed by atoms with van der Waals surface area (Å²) in [7, 11) is 0. The molecule has 0 unspecified atom stereocenters. The van der Waals surface area contributed by atoms with Crippen LogP contribution in [0.15, 0.2) is 0 Å². The quantitative estimate of drug-likeness (QED) is 0.206. The average Bonchev–Trinajstić information content (AvgIpc) is 1.76. The van der Waals surface area contributed by atoms with Crippen molar-refractivity contribution in [2.45, 2.75) is 0 Å². The smallest absolute Gasteiger partial charge is 3.00 e. The normalized spacial score (nSPS) is 7.78. The average molecular weight is 910 g/mol. The summed E-state index contributed by atoms with van der Waals surface area (Å²) in [6.45, 7) is 0. The van der Waals surface area contributed by atoms with Crippen molar-refractivity contribution in [3.05, 3.63) is 0 Å². The van der Waals surface area contributed by atoms with Crippen LogP contribution in [0.4, 0.5) is 0 Å². The minimum Gasteiger partial charge on any atom is 3.00 e. The molecule has 0 bridgehead atoms. The number of rotatable bonds is 0. The van der Waals surface area contributed by atoms with Crippen molar-refractivity contribution in [3.63, 3.8) is 0 Å². The van der Waals surface area contributed by atoms with Crippen LogP contribution >= 0.6 is 0 Å². The van der Waals surface area contributed by atoms with Crippen LogP contribution in [0.2, 0.25) is 0 Å². The van der Waals surface area contributed by atoms with Crippen LogP contribution in [-0.4, -0.2) is 98.8 Å². The summed E-state index contributed by atoms with van der Waals surface area (Å²) in [5.41, 5.74) is 0. The molecule has 18 heteroatoms. The van der Waals surface area contributed by atoms with Crippen molar-refractivity contribution in [2.24, 2.45) is 0 Å². The summed E-state index contributed by atoms with van der Waals surface area (Å²) in [5, 5.41) is 0. The molecule has 12 nitrogen and oxygen atoms in total. The van der Waals surface area contributed by atoms with Gasteiger partial charge in [-0.15, -0.1) is 0 Å². The molecule has 0 heterocycles. The molecule has 18 heavy (non-hydrogen) atoms. The molecule has 0 spiro atoms. The molecule has 0 rings (SSSR count). The van der Waals surface area contributed by atoms with Gasteiger partial charge >= 0.3 is 161 Å². The molecular weight excluding hydrogens is 910 g/mol. The van der Waals surface area contributed by atoms with Crippen molar-refractivity contribution >= 4 is 98.8 Å². The molecule has 0 radical (unpaired) electrons. The van der Waals surface area contributed by atoms with Crippen LogP contribution in [0.3, 0.4) is 0 Å². The van der Waals surface area contributed by atoms with E-state index in [0.29, 0.717) is 0 Å². The summed E-state index contributed by atoms with van der Waals surface area (Å²) >= 11 is -16.4. The van der Waals surface area contributed by atoms with Gasteiger partial charge in [-0.05, 0) is 0 Å². The van der Waals surface area contributed by atoms with Crippen molar-refractivity contribution in [1.82, 2.24) is 0 Å². The molecule has 0 atom stereocenters. The van der Waals surface area contributed by atoms with E-state index in [2.05, 4.69) is 0 Å².